The van der Waals surface area contributed by atoms with Gasteiger partial charge in [0.1, 0.15) is 5.82 Å². The van der Waals surface area contributed by atoms with Crippen LogP contribution in [0.15, 0.2) is 41.2 Å². The molecule has 0 radical (unpaired) electrons. The zero-order chi connectivity index (χ0) is 16.8. The molecule has 1 heterocycles. The fraction of sp³-hybridized carbons (Fsp3) is 0.263. The van der Waals surface area contributed by atoms with E-state index in [0.717, 1.165) is 27.8 Å². The Morgan fingerprint density at radius 3 is 2.35 bits per heavy atom. The lowest BCUT2D eigenvalue weighted by molar-refractivity contribution is 0.0786. The van der Waals surface area contributed by atoms with Crippen molar-refractivity contribution in [1.29, 1.82) is 0 Å². The highest BCUT2D eigenvalue weighted by atomic mass is 16.3. The number of aromatic nitrogens is 2. The number of nitrogens with zero attached hydrogens (tertiary/aromatic N) is 1. The number of aryl methyl sites for hydroxylation is 2. The van der Waals surface area contributed by atoms with Crippen LogP contribution in [0.25, 0.3) is 22.3 Å². The van der Waals surface area contributed by atoms with Gasteiger partial charge in [-0.05, 0) is 50.5 Å². The number of aliphatic hydroxyl groups is 1. The summed E-state index contributed by atoms with van der Waals surface area (Å²) < 4.78 is 0. The van der Waals surface area contributed by atoms with Crippen LogP contribution in [0.2, 0.25) is 0 Å². The second kappa shape index (κ2) is 5.32. The fourth-order valence-corrected chi connectivity index (χ4v) is 2.77. The zero-order valence-corrected chi connectivity index (χ0v) is 13.8. The van der Waals surface area contributed by atoms with Crippen molar-refractivity contribution >= 4 is 10.9 Å². The first kappa shape index (κ1) is 15.4. The van der Waals surface area contributed by atoms with Gasteiger partial charge in [0.15, 0.2) is 0 Å². The SMILES string of the molecule is Cc1cc(C)c2nc(-c3ccc(C(C)(C)O)cc3)[nH]c(=O)c2c1. The summed E-state index contributed by atoms with van der Waals surface area (Å²) in [6, 6.07) is 11.3. The van der Waals surface area contributed by atoms with Crippen molar-refractivity contribution in [2.45, 2.75) is 33.3 Å². The van der Waals surface area contributed by atoms with E-state index in [9.17, 15) is 9.90 Å². The summed E-state index contributed by atoms with van der Waals surface area (Å²) in [7, 11) is 0. The fourth-order valence-electron chi connectivity index (χ4n) is 2.77. The first-order valence-corrected chi connectivity index (χ1v) is 7.60. The Labute approximate surface area is 134 Å². The van der Waals surface area contributed by atoms with E-state index in [4.69, 9.17) is 0 Å². The van der Waals surface area contributed by atoms with Crippen molar-refractivity contribution in [3.05, 3.63) is 63.4 Å². The Kier molecular flexibility index (Phi) is 3.57. The molecule has 0 saturated carbocycles. The highest BCUT2D eigenvalue weighted by Crippen LogP contribution is 2.24. The van der Waals surface area contributed by atoms with Gasteiger partial charge in [-0.1, -0.05) is 30.3 Å². The average Bonchev–Trinajstić information content (AvgIpc) is 2.47. The van der Waals surface area contributed by atoms with E-state index >= 15 is 0 Å². The maximum atomic E-state index is 12.4. The van der Waals surface area contributed by atoms with Crippen molar-refractivity contribution in [2.24, 2.45) is 0 Å². The average molecular weight is 308 g/mol. The van der Waals surface area contributed by atoms with Gasteiger partial charge in [-0.3, -0.25) is 4.79 Å². The molecule has 4 nitrogen and oxygen atoms in total. The maximum Gasteiger partial charge on any atom is 0.259 e. The molecule has 0 aliphatic heterocycles. The van der Waals surface area contributed by atoms with Crippen LogP contribution in [0.5, 0.6) is 0 Å². The number of benzene rings is 2. The Morgan fingerprint density at radius 1 is 1.09 bits per heavy atom. The van der Waals surface area contributed by atoms with Crippen LogP contribution in [0.1, 0.15) is 30.5 Å². The van der Waals surface area contributed by atoms with Crippen LogP contribution < -0.4 is 5.56 Å². The predicted octanol–water partition coefficient (Wildman–Crippen LogP) is 3.43. The Hall–Kier alpha value is -2.46. The quantitative estimate of drug-likeness (QED) is 0.762. The molecule has 2 aromatic carbocycles. The third-order valence-electron chi connectivity index (χ3n) is 4.01. The summed E-state index contributed by atoms with van der Waals surface area (Å²) >= 11 is 0. The van der Waals surface area contributed by atoms with Crippen molar-refractivity contribution in [3.63, 3.8) is 0 Å². The molecule has 0 fully saturated rings. The van der Waals surface area contributed by atoms with Gasteiger partial charge in [0.05, 0.1) is 16.5 Å². The minimum atomic E-state index is -0.892. The monoisotopic (exact) mass is 308 g/mol. The van der Waals surface area contributed by atoms with Gasteiger partial charge in [0.25, 0.3) is 5.56 Å². The molecule has 2 N–H and O–H groups in total. The van der Waals surface area contributed by atoms with Crippen LogP contribution in [0, 0.1) is 13.8 Å². The van der Waals surface area contributed by atoms with E-state index in [1.54, 1.807) is 13.8 Å². The predicted molar refractivity (Wildman–Crippen MR) is 92.5 cm³/mol. The van der Waals surface area contributed by atoms with Crippen LogP contribution in [-0.4, -0.2) is 15.1 Å². The van der Waals surface area contributed by atoms with Gasteiger partial charge < -0.3 is 10.1 Å². The largest absolute Gasteiger partial charge is 0.386 e. The Balaban J connectivity index is 2.16. The topological polar surface area (TPSA) is 66.0 Å². The van der Waals surface area contributed by atoms with E-state index in [-0.39, 0.29) is 5.56 Å². The van der Waals surface area contributed by atoms with Crippen molar-refractivity contribution in [3.8, 4) is 11.4 Å². The second-order valence-electron chi connectivity index (χ2n) is 6.53. The van der Waals surface area contributed by atoms with Gasteiger partial charge in [-0.15, -0.1) is 0 Å². The van der Waals surface area contributed by atoms with E-state index in [1.807, 2.05) is 50.2 Å². The Morgan fingerprint density at radius 2 is 1.74 bits per heavy atom. The molecule has 0 bridgehead atoms. The van der Waals surface area contributed by atoms with Crippen molar-refractivity contribution < 1.29 is 5.11 Å². The first-order chi connectivity index (χ1) is 10.8. The van der Waals surface area contributed by atoms with Crippen LogP contribution in [0.4, 0.5) is 0 Å². The molecule has 0 aliphatic rings. The third-order valence-corrected chi connectivity index (χ3v) is 4.01. The highest BCUT2D eigenvalue weighted by molar-refractivity contribution is 5.83. The van der Waals surface area contributed by atoms with Gasteiger partial charge >= 0.3 is 0 Å². The molecular weight excluding hydrogens is 288 g/mol. The molecule has 3 rings (SSSR count). The number of nitrogens with one attached hydrogen (secondary N) is 1. The molecule has 3 aromatic rings. The molecule has 0 amide bonds. The third kappa shape index (κ3) is 2.90. The van der Waals surface area contributed by atoms with Crippen LogP contribution in [0.3, 0.4) is 0 Å². The number of rotatable bonds is 2. The maximum absolute atomic E-state index is 12.4. The van der Waals surface area contributed by atoms with Gasteiger partial charge in [0, 0.05) is 5.56 Å². The summed E-state index contributed by atoms with van der Waals surface area (Å²) in [4.78, 5) is 19.8. The lowest BCUT2D eigenvalue weighted by atomic mass is 9.97. The summed E-state index contributed by atoms with van der Waals surface area (Å²) in [5.74, 6) is 0.539. The molecular formula is C19H20N2O2. The van der Waals surface area contributed by atoms with Crippen molar-refractivity contribution in [1.82, 2.24) is 9.97 Å². The summed E-state index contributed by atoms with van der Waals surface area (Å²) in [5.41, 5.74) is 3.36. The van der Waals surface area contributed by atoms with Crippen LogP contribution in [-0.2, 0) is 5.60 Å². The summed E-state index contributed by atoms with van der Waals surface area (Å²) in [6.45, 7) is 7.41. The second-order valence-corrected chi connectivity index (χ2v) is 6.53. The summed E-state index contributed by atoms with van der Waals surface area (Å²) in [5, 5.41) is 10.6. The lowest BCUT2D eigenvalue weighted by Crippen LogP contribution is -2.15. The standard InChI is InChI=1S/C19H20N2O2/c1-11-9-12(2)16-15(10-11)18(22)21-17(20-16)13-5-7-14(8-6-13)19(3,4)23/h5-10,23H,1-4H3,(H,20,21,22). The first-order valence-electron chi connectivity index (χ1n) is 7.60. The van der Waals surface area contributed by atoms with E-state index in [2.05, 4.69) is 9.97 Å². The molecule has 4 heteroatoms. The molecule has 23 heavy (non-hydrogen) atoms. The normalized spacial score (nSPS) is 11.9. The molecule has 0 aliphatic carbocycles. The molecule has 118 valence electrons. The number of fused-ring (bicyclic) bond motifs is 1. The minimum absolute atomic E-state index is 0.136. The van der Waals surface area contributed by atoms with Gasteiger partial charge in [-0.25, -0.2) is 4.98 Å². The number of aromatic amines is 1. The molecule has 0 spiro atoms. The van der Waals surface area contributed by atoms with E-state index < -0.39 is 5.60 Å². The van der Waals surface area contributed by atoms with E-state index in [1.165, 1.54) is 0 Å². The molecule has 0 atom stereocenters. The molecule has 0 saturated heterocycles. The van der Waals surface area contributed by atoms with Crippen LogP contribution >= 0.6 is 0 Å². The zero-order valence-electron chi connectivity index (χ0n) is 13.8. The van der Waals surface area contributed by atoms with Gasteiger partial charge in [-0.2, -0.15) is 0 Å². The number of hydrogen-bond acceptors (Lipinski definition) is 3. The van der Waals surface area contributed by atoms with E-state index in [0.29, 0.717) is 11.2 Å². The van der Waals surface area contributed by atoms with Crippen molar-refractivity contribution in [2.75, 3.05) is 0 Å². The lowest BCUT2D eigenvalue weighted by Gasteiger charge is -2.17. The molecule has 0 unspecified atom stereocenters. The number of H-pyrrole nitrogens is 1. The summed E-state index contributed by atoms with van der Waals surface area (Å²) in [6.07, 6.45) is 0. The highest BCUT2D eigenvalue weighted by Gasteiger charge is 2.16. The minimum Gasteiger partial charge on any atom is -0.386 e. The molecule has 1 aromatic heterocycles. The smallest absolute Gasteiger partial charge is 0.259 e. The van der Waals surface area contributed by atoms with Gasteiger partial charge in [0.2, 0.25) is 0 Å². The Bertz CT molecular complexity index is 932. The number of hydrogen-bond donors (Lipinski definition) is 2.